The third-order valence-electron chi connectivity index (χ3n) is 0.825. The first-order valence-electron chi connectivity index (χ1n) is 2.52. The fraction of sp³-hybridized carbons (Fsp3) is 0.600. The van der Waals surface area contributed by atoms with Crippen molar-refractivity contribution in [3.63, 3.8) is 0 Å². The predicted molar refractivity (Wildman–Crippen MR) is 27.8 cm³/mol. The Balaban J connectivity index is 3.30. The van der Waals surface area contributed by atoms with Crippen molar-refractivity contribution in [2.75, 3.05) is 0 Å². The van der Waals surface area contributed by atoms with Crippen LogP contribution >= 0.6 is 0 Å². The smallest absolute Gasteiger partial charge is 0.0931 e. The third kappa shape index (κ3) is 4.78. The van der Waals surface area contributed by atoms with Crippen molar-refractivity contribution in [2.45, 2.75) is 18.9 Å². The van der Waals surface area contributed by atoms with E-state index >= 15 is 0 Å². The quantitative estimate of drug-likeness (QED) is 0.492. The van der Waals surface area contributed by atoms with Crippen LogP contribution in [0.15, 0.2) is 0 Å². The molecule has 0 radical (unpaired) electrons. The molecule has 50 valence electrons. The van der Waals surface area contributed by atoms with Crippen molar-refractivity contribution < 1.29 is 9.90 Å². The summed E-state index contributed by atoms with van der Waals surface area (Å²) in [7, 11) is 0. The van der Waals surface area contributed by atoms with Gasteiger partial charge in [-0.25, -0.2) is 0 Å². The van der Waals surface area contributed by atoms with Crippen LogP contribution in [0.2, 0.25) is 0 Å². The average Bonchev–Trinajstić information content (AvgIpc) is 1.83. The number of hydrogen-bond donors (Lipinski definition) is 1. The molecule has 0 saturated heterocycles. The molecule has 1 atom stereocenters. The minimum atomic E-state index is -1.17. The van der Waals surface area contributed by atoms with Gasteiger partial charge < -0.3 is 15.6 Å². The van der Waals surface area contributed by atoms with Crippen molar-refractivity contribution >= 4 is 5.97 Å². The van der Waals surface area contributed by atoms with Gasteiger partial charge in [-0.2, -0.15) is 5.26 Å². The lowest BCUT2D eigenvalue weighted by atomic mass is 10.2. The van der Waals surface area contributed by atoms with Crippen LogP contribution in [0.3, 0.4) is 0 Å². The van der Waals surface area contributed by atoms with Crippen molar-refractivity contribution in [3.05, 3.63) is 0 Å². The van der Waals surface area contributed by atoms with E-state index < -0.39 is 12.0 Å². The number of rotatable bonds is 3. The van der Waals surface area contributed by atoms with Crippen LogP contribution in [0.5, 0.6) is 0 Å². The molecule has 4 nitrogen and oxygen atoms in total. The molecule has 0 aromatic carbocycles. The summed E-state index contributed by atoms with van der Waals surface area (Å²) in [6, 6.07) is 1.03. The van der Waals surface area contributed by atoms with E-state index in [1.54, 1.807) is 6.07 Å². The lowest BCUT2D eigenvalue weighted by molar-refractivity contribution is -0.305. The summed E-state index contributed by atoms with van der Waals surface area (Å²) in [4.78, 5) is 9.74. The first-order valence-corrected chi connectivity index (χ1v) is 2.52. The summed E-state index contributed by atoms with van der Waals surface area (Å²) in [6.45, 7) is 0. The van der Waals surface area contributed by atoms with E-state index in [-0.39, 0.29) is 12.8 Å². The summed E-state index contributed by atoms with van der Waals surface area (Å²) in [5.41, 5.74) is 5.07. The SMILES string of the molecule is N#CC(N)CCC(=O)[O-]. The molecule has 0 heterocycles. The second-order valence-electron chi connectivity index (χ2n) is 1.65. The van der Waals surface area contributed by atoms with Crippen molar-refractivity contribution in [3.8, 4) is 6.07 Å². The van der Waals surface area contributed by atoms with E-state index in [9.17, 15) is 9.90 Å². The van der Waals surface area contributed by atoms with Gasteiger partial charge in [0.15, 0.2) is 0 Å². The van der Waals surface area contributed by atoms with Crippen molar-refractivity contribution in [1.82, 2.24) is 0 Å². The maximum absolute atomic E-state index is 9.74. The number of carboxylic acid groups (broad SMARTS) is 1. The highest BCUT2D eigenvalue weighted by atomic mass is 16.4. The van der Waals surface area contributed by atoms with Crippen molar-refractivity contribution in [2.24, 2.45) is 5.73 Å². The Bertz CT molecular complexity index is 138. The van der Waals surface area contributed by atoms with Crippen LogP contribution in [-0.4, -0.2) is 12.0 Å². The van der Waals surface area contributed by atoms with E-state index in [1.807, 2.05) is 0 Å². The Morgan fingerprint density at radius 3 is 2.78 bits per heavy atom. The summed E-state index contributed by atoms with van der Waals surface area (Å²) in [5, 5.41) is 17.8. The van der Waals surface area contributed by atoms with E-state index in [0.717, 1.165) is 0 Å². The molecule has 0 aromatic heterocycles. The van der Waals surface area contributed by atoms with Gasteiger partial charge in [-0.05, 0) is 12.8 Å². The number of carbonyl (C=O) groups is 1. The zero-order valence-corrected chi connectivity index (χ0v) is 4.83. The van der Waals surface area contributed by atoms with Gasteiger partial charge in [-0.3, -0.25) is 0 Å². The van der Waals surface area contributed by atoms with Crippen LogP contribution in [0, 0.1) is 11.3 Å². The fourth-order valence-electron chi connectivity index (χ4n) is 0.338. The molecule has 0 aliphatic carbocycles. The maximum atomic E-state index is 9.74. The number of nitrogens with two attached hydrogens (primary N) is 1. The number of carboxylic acids is 1. The molecule has 0 saturated carbocycles. The van der Waals surface area contributed by atoms with E-state index in [0.29, 0.717) is 0 Å². The summed E-state index contributed by atoms with van der Waals surface area (Å²) < 4.78 is 0. The molecule has 0 spiro atoms. The number of aliphatic carboxylic acids is 1. The first kappa shape index (κ1) is 7.92. The summed E-state index contributed by atoms with van der Waals surface area (Å²) in [6.07, 6.45) is 0.0214. The van der Waals surface area contributed by atoms with Crippen LogP contribution in [0.4, 0.5) is 0 Å². The average molecular weight is 127 g/mol. The maximum Gasteiger partial charge on any atom is 0.0931 e. The normalized spacial score (nSPS) is 12.0. The number of nitriles is 1. The zero-order valence-electron chi connectivity index (χ0n) is 4.83. The van der Waals surface area contributed by atoms with Crippen LogP contribution in [0.25, 0.3) is 0 Å². The summed E-state index contributed by atoms with van der Waals surface area (Å²) >= 11 is 0. The first-order chi connectivity index (χ1) is 4.16. The molecular weight excluding hydrogens is 120 g/mol. The number of nitrogens with zero attached hydrogens (tertiary/aromatic N) is 1. The molecule has 1 unspecified atom stereocenters. The van der Waals surface area contributed by atoms with E-state index in [1.165, 1.54) is 0 Å². The highest BCUT2D eigenvalue weighted by Gasteiger charge is 1.97. The molecule has 0 amide bonds. The van der Waals surface area contributed by atoms with Crippen LogP contribution < -0.4 is 10.8 Å². The van der Waals surface area contributed by atoms with Crippen molar-refractivity contribution in [1.29, 1.82) is 5.26 Å². The number of hydrogen-bond acceptors (Lipinski definition) is 4. The monoisotopic (exact) mass is 127 g/mol. The molecule has 0 aliphatic rings. The van der Waals surface area contributed by atoms with E-state index in [4.69, 9.17) is 11.0 Å². The largest absolute Gasteiger partial charge is 0.550 e. The molecular formula is C5H7N2O2-. The minimum absolute atomic E-state index is 0.144. The Morgan fingerprint density at radius 1 is 1.89 bits per heavy atom. The van der Waals surface area contributed by atoms with Crippen LogP contribution in [-0.2, 0) is 4.79 Å². The van der Waals surface area contributed by atoms with Gasteiger partial charge in [0.1, 0.15) is 0 Å². The molecule has 2 N–H and O–H groups in total. The topological polar surface area (TPSA) is 89.9 Å². The highest BCUT2D eigenvalue weighted by Crippen LogP contribution is 1.89. The standard InChI is InChI=1S/C5H8N2O2/c6-3-4(7)1-2-5(8)9/h4H,1-2,7H2,(H,8,9)/p-1. The molecule has 4 heteroatoms. The Labute approximate surface area is 52.9 Å². The molecule has 9 heavy (non-hydrogen) atoms. The Hall–Kier alpha value is -1.08. The van der Waals surface area contributed by atoms with Gasteiger partial charge in [0.25, 0.3) is 0 Å². The minimum Gasteiger partial charge on any atom is -0.550 e. The Kier molecular flexibility index (Phi) is 3.40. The zero-order chi connectivity index (χ0) is 7.28. The molecule has 0 fully saturated rings. The van der Waals surface area contributed by atoms with Gasteiger partial charge in [0.05, 0.1) is 12.1 Å². The van der Waals surface area contributed by atoms with Gasteiger partial charge in [0, 0.05) is 5.97 Å². The van der Waals surface area contributed by atoms with Gasteiger partial charge >= 0.3 is 0 Å². The number of carbonyl (C=O) groups excluding carboxylic acids is 1. The predicted octanol–water partition coefficient (Wildman–Crippen LogP) is -1.63. The van der Waals surface area contributed by atoms with Gasteiger partial charge in [-0.15, -0.1) is 0 Å². The summed E-state index contributed by atoms with van der Waals surface area (Å²) in [5.74, 6) is -1.17. The Morgan fingerprint density at radius 2 is 2.44 bits per heavy atom. The molecule has 0 bridgehead atoms. The molecule has 0 rings (SSSR count). The lowest BCUT2D eigenvalue weighted by Gasteiger charge is -2.01. The lowest BCUT2D eigenvalue weighted by Crippen LogP contribution is -2.26. The molecule has 0 aliphatic heterocycles. The molecule has 0 aromatic rings. The van der Waals surface area contributed by atoms with E-state index in [2.05, 4.69) is 0 Å². The third-order valence-corrected chi connectivity index (χ3v) is 0.825. The van der Waals surface area contributed by atoms with Gasteiger partial charge in [-0.1, -0.05) is 0 Å². The highest BCUT2D eigenvalue weighted by molar-refractivity contribution is 5.64. The van der Waals surface area contributed by atoms with Crippen LogP contribution in [0.1, 0.15) is 12.8 Å². The second-order valence-corrected chi connectivity index (χ2v) is 1.65. The fourth-order valence-corrected chi connectivity index (χ4v) is 0.338. The van der Waals surface area contributed by atoms with Gasteiger partial charge in [0.2, 0.25) is 0 Å². The second kappa shape index (κ2) is 3.87.